The number of halogens is 2. The Labute approximate surface area is 160 Å². The van der Waals surface area contributed by atoms with E-state index in [-0.39, 0.29) is 0 Å². The number of ether oxygens (including phenoxy) is 1. The van der Waals surface area contributed by atoms with Crippen molar-refractivity contribution in [3.8, 4) is 0 Å². The molecule has 3 rings (SSSR count). The average molecular weight is 397 g/mol. The molecule has 1 aromatic carbocycles. The number of aromatic nitrogens is 2. The minimum atomic E-state index is -0.774. The van der Waals surface area contributed by atoms with E-state index in [4.69, 9.17) is 23.2 Å². The molecule has 2 aromatic rings. The van der Waals surface area contributed by atoms with Crippen LogP contribution in [0.2, 0.25) is 10.0 Å². The van der Waals surface area contributed by atoms with Crippen LogP contribution in [-0.4, -0.2) is 46.6 Å². The largest absolute Gasteiger partial charge is 0.467 e. The molecule has 1 aliphatic rings. The van der Waals surface area contributed by atoms with Gasteiger partial charge in [0.1, 0.15) is 12.1 Å². The van der Waals surface area contributed by atoms with Crippen LogP contribution in [-0.2, 0) is 16.0 Å². The second kappa shape index (κ2) is 7.55. The fraction of sp³-hybridized carbons (Fsp3) is 0.353. The zero-order valence-electron chi connectivity index (χ0n) is 14.3. The third-order valence-corrected chi connectivity index (χ3v) is 5.19. The van der Waals surface area contributed by atoms with E-state index >= 15 is 0 Å². The number of benzene rings is 1. The molecule has 0 radical (unpaired) electrons. The maximum Gasteiger partial charge on any atom is 0.328 e. The summed E-state index contributed by atoms with van der Waals surface area (Å²) in [5.41, 5.74) is 2.32. The van der Waals surface area contributed by atoms with Crippen molar-refractivity contribution in [1.29, 1.82) is 0 Å². The lowest BCUT2D eigenvalue weighted by molar-refractivity contribution is -0.142. The minimum absolute atomic E-state index is 0.369. The summed E-state index contributed by atoms with van der Waals surface area (Å²) in [6.07, 6.45) is 2.21. The molecule has 2 unspecified atom stereocenters. The van der Waals surface area contributed by atoms with Gasteiger partial charge in [0.15, 0.2) is 0 Å². The third kappa shape index (κ3) is 3.37. The van der Waals surface area contributed by atoms with E-state index in [9.17, 15) is 9.59 Å². The molecule has 0 fully saturated rings. The van der Waals surface area contributed by atoms with Crippen molar-refractivity contribution in [2.45, 2.75) is 25.4 Å². The first-order valence-corrected chi connectivity index (χ1v) is 8.80. The zero-order valence-corrected chi connectivity index (χ0v) is 15.8. The summed E-state index contributed by atoms with van der Waals surface area (Å²) in [5, 5.41) is 3.42. The maximum atomic E-state index is 12.8. The highest BCUT2D eigenvalue weighted by Gasteiger charge is 2.36. The number of hydrogen-bond acceptors (Lipinski definition) is 4. The number of urea groups is 1. The Morgan fingerprint density at radius 3 is 2.92 bits per heavy atom. The van der Waals surface area contributed by atoms with Crippen LogP contribution < -0.4 is 5.32 Å². The molecule has 26 heavy (non-hydrogen) atoms. The monoisotopic (exact) mass is 396 g/mol. The molecule has 138 valence electrons. The number of rotatable bonds is 3. The smallest absolute Gasteiger partial charge is 0.328 e. The molecule has 1 aliphatic heterocycles. The van der Waals surface area contributed by atoms with Crippen LogP contribution in [0.3, 0.4) is 0 Å². The van der Waals surface area contributed by atoms with Gasteiger partial charge in [-0.3, -0.25) is 0 Å². The number of aromatic amines is 1. The Hall–Kier alpha value is -2.25. The van der Waals surface area contributed by atoms with Gasteiger partial charge in [-0.1, -0.05) is 35.3 Å². The van der Waals surface area contributed by atoms with Crippen LogP contribution in [0.15, 0.2) is 24.5 Å². The first kappa shape index (κ1) is 18.5. The lowest BCUT2D eigenvalue weighted by atomic mass is 9.96. The van der Waals surface area contributed by atoms with Gasteiger partial charge in [0, 0.05) is 24.2 Å². The van der Waals surface area contributed by atoms with Crippen LogP contribution >= 0.6 is 23.2 Å². The number of H-pyrrole nitrogens is 1. The molecule has 7 nitrogen and oxygen atoms in total. The molecule has 0 saturated heterocycles. The molecule has 0 bridgehead atoms. The Kier molecular flexibility index (Phi) is 5.38. The summed E-state index contributed by atoms with van der Waals surface area (Å²) in [7, 11) is 1.27. The summed E-state index contributed by atoms with van der Waals surface area (Å²) in [6.45, 7) is 2.00. The van der Waals surface area contributed by atoms with Crippen molar-refractivity contribution in [2.75, 3.05) is 13.7 Å². The van der Waals surface area contributed by atoms with Gasteiger partial charge in [0.05, 0.1) is 29.2 Å². The summed E-state index contributed by atoms with van der Waals surface area (Å²) in [6, 6.07) is 3.58. The van der Waals surface area contributed by atoms with Gasteiger partial charge in [-0.2, -0.15) is 0 Å². The second-order valence-corrected chi connectivity index (χ2v) is 6.73. The van der Waals surface area contributed by atoms with Crippen molar-refractivity contribution in [2.24, 2.45) is 0 Å². The predicted molar refractivity (Wildman–Crippen MR) is 97.3 cm³/mol. The van der Waals surface area contributed by atoms with E-state index in [1.807, 2.05) is 6.07 Å². The van der Waals surface area contributed by atoms with Crippen LogP contribution in [0.4, 0.5) is 4.79 Å². The second-order valence-electron chi connectivity index (χ2n) is 5.95. The highest BCUT2D eigenvalue weighted by atomic mass is 35.5. The van der Waals surface area contributed by atoms with Crippen molar-refractivity contribution < 1.29 is 14.3 Å². The third-order valence-electron chi connectivity index (χ3n) is 4.36. The van der Waals surface area contributed by atoms with Gasteiger partial charge in [-0.05, 0) is 13.0 Å². The highest BCUT2D eigenvalue weighted by Crippen LogP contribution is 2.39. The lowest BCUT2D eigenvalue weighted by Gasteiger charge is -2.36. The summed E-state index contributed by atoms with van der Waals surface area (Å²) in [4.78, 5) is 33.5. The number of nitrogens with zero attached hydrogens (tertiary/aromatic N) is 2. The summed E-state index contributed by atoms with van der Waals surface area (Å²) < 4.78 is 4.66. The lowest BCUT2D eigenvalue weighted by Crippen LogP contribution is -2.50. The van der Waals surface area contributed by atoms with Crippen LogP contribution in [0.25, 0.3) is 0 Å². The Balaban J connectivity index is 1.97. The van der Waals surface area contributed by atoms with Gasteiger partial charge >= 0.3 is 12.0 Å². The number of nitrogens with one attached hydrogen (secondary N) is 2. The van der Waals surface area contributed by atoms with Gasteiger partial charge < -0.3 is 19.9 Å². The average Bonchev–Trinajstić information content (AvgIpc) is 3.11. The first-order valence-electron chi connectivity index (χ1n) is 8.05. The SMILES string of the molecule is COC(=O)C(C)NC(=O)N1CCc2[nH]cnc2C1c1cccc(Cl)c1Cl. The molecule has 0 spiro atoms. The quantitative estimate of drug-likeness (QED) is 0.780. The molecule has 0 aliphatic carbocycles. The van der Waals surface area contributed by atoms with Crippen molar-refractivity contribution >= 4 is 35.2 Å². The maximum absolute atomic E-state index is 12.8. The Bertz CT molecular complexity index is 839. The Morgan fingerprint density at radius 1 is 1.42 bits per heavy atom. The van der Waals surface area contributed by atoms with Gasteiger partial charge in [0.25, 0.3) is 0 Å². The molecule has 1 aromatic heterocycles. The molecular formula is C17H18Cl2N4O3. The number of fused-ring (bicyclic) bond motifs is 1. The Morgan fingerprint density at radius 2 is 2.19 bits per heavy atom. The van der Waals surface area contributed by atoms with Gasteiger partial charge in [-0.25, -0.2) is 14.6 Å². The fourth-order valence-corrected chi connectivity index (χ4v) is 3.46. The van der Waals surface area contributed by atoms with E-state index in [2.05, 4.69) is 20.0 Å². The number of esters is 1. The minimum Gasteiger partial charge on any atom is -0.467 e. The normalized spacial score (nSPS) is 17.4. The topological polar surface area (TPSA) is 87.3 Å². The van der Waals surface area contributed by atoms with E-state index < -0.39 is 24.1 Å². The van der Waals surface area contributed by atoms with E-state index in [1.165, 1.54) is 7.11 Å². The number of hydrogen-bond donors (Lipinski definition) is 2. The van der Waals surface area contributed by atoms with Crippen molar-refractivity contribution in [3.63, 3.8) is 0 Å². The van der Waals surface area contributed by atoms with Crippen LogP contribution in [0, 0.1) is 0 Å². The zero-order chi connectivity index (χ0) is 18.8. The highest BCUT2D eigenvalue weighted by molar-refractivity contribution is 6.42. The molecule has 9 heteroatoms. The van der Waals surface area contributed by atoms with Crippen molar-refractivity contribution in [1.82, 2.24) is 20.2 Å². The van der Waals surface area contributed by atoms with E-state index in [0.29, 0.717) is 34.3 Å². The molecule has 2 atom stereocenters. The summed E-state index contributed by atoms with van der Waals surface area (Å²) >= 11 is 12.6. The van der Waals surface area contributed by atoms with E-state index in [1.54, 1.807) is 30.3 Å². The number of imidazole rings is 1. The fourth-order valence-electron chi connectivity index (χ4n) is 3.05. The number of carbonyl (C=O) groups excluding carboxylic acids is 2. The molecule has 0 saturated carbocycles. The van der Waals surface area contributed by atoms with Crippen LogP contribution in [0.5, 0.6) is 0 Å². The van der Waals surface area contributed by atoms with Crippen molar-refractivity contribution in [3.05, 3.63) is 51.5 Å². The van der Waals surface area contributed by atoms with Gasteiger partial charge in [0.2, 0.25) is 0 Å². The number of methoxy groups -OCH3 is 1. The number of amides is 2. The standard InChI is InChI=1S/C17H18Cl2N4O3/c1-9(16(24)26-2)22-17(25)23-7-6-12-14(21-8-20-12)15(23)10-4-3-5-11(18)13(10)19/h3-5,8-9,15H,6-7H2,1-2H3,(H,20,21)(H,22,25). The van der Waals surface area contributed by atoms with Gasteiger partial charge in [-0.15, -0.1) is 0 Å². The predicted octanol–water partition coefficient (Wildman–Crippen LogP) is 2.94. The molecule has 2 amide bonds. The van der Waals surface area contributed by atoms with Crippen LogP contribution in [0.1, 0.15) is 29.9 Å². The summed E-state index contributed by atoms with van der Waals surface area (Å²) in [5.74, 6) is -0.520. The number of carbonyl (C=O) groups is 2. The first-order chi connectivity index (χ1) is 12.4. The molecule has 2 heterocycles. The molecular weight excluding hydrogens is 379 g/mol. The van der Waals surface area contributed by atoms with E-state index in [0.717, 1.165) is 5.69 Å². The molecule has 2 N–H and O–H groups in total.